The molecule has 0 radical (unpaired) electrons. The Morgan fingerprint density at radius 3 is 2.05 bits per heavy atom. The summed E-state index contributed by atoms with van der Waals surface area (Å²) < 4.78 is 17.6. The van der Waals surface area contributed by atoms with Crippen LogP contribution in [0.2, 0.25) is 0 Å². The number of aliphatic hydroxyl groups is 1. The molecule has 2 saturated heterocycles. The normalized spacial score (nSPS) is 22.5. The molecule has 326 valence electrons. The molecule has 1 spiro atoms. The van der Waals surface area contributed by atoms with E-state index in [1.165, 1.54) is 0 Å². The van der Waals surface area contributed by atoms with Gasteiger partial charge in [-0.25, -0.2) is 9.69 Å². The Balaban J connectivity index is 1.32. The molecule has 12 nitrogen and oxygen atoms in total. The SMILES string of the molecule is COc1ccc(C#Cc2ccc3c(c2)C2(C(=O)N3C(=O)NC(C)c3ccccc3)[C@H](C(=O)O)C3C(=O)O[C@H](c4ccccc4)[C@H](c4ccccc4)N3[C@@H]2c2cccc(OCCO)c2)cc1. The Bertz CT molecular complexity index is 2810. The molecule has 0 saturated carbocycles. The lowest BCUT2D eigenvalue weighted by molar-refractivity contribution is -0.179. The van der Waals surface area contributed by atoms with Gasteiger partial charge in [-0.3, -0.25) is 19.3 Å². The highest BCUT2D eigenvalue weighted by Crippen LogP contribution is 2.66. The van der Waals surface area contributed by atoms with Crippen molar-refractivity contribution in [3.63, 3.8) is 0 Å². The maximum absolute atomic E-state index is 16.2. The summed E-state index contributed by atoms with van der Waals surface area (Å²) in [6.07, 6.45) is -0.952. The molecule has 9 rings (SSSR count). The number of aliphatic hydroxyl groups excluding tert-OH is 1. The van der Waals surface area contributed by atoms with E-state index in [0.29, 0.717) is 39.3 Å². The fourth-order valence-electron chi connectivity index (χ4n) is 9.80. The predicted molar refractivity (Wildman–Crippen MR) is 241 cm³/mol. The number of carboxylic acid groups (broad SMARTS) is 1. The molecule has 2 fully saturated rings. The Morgan fingerprint density at radius 2 is 1.38 bits per heavy atom. The lowest BCUT2D eigenvalue weighted by Gasteiger charge is -2.46. The molecule has 3 unspecified atom stereocenters. The lowest BCUT2D eigenvalue weighted by Crippen LogP contribution is -2.54. The van der Waals surface area contributed by atoms with Crippen molar-refractivity contribution in [3.8, 4) is 23.3 Å². The zero-order chi connectivity index (χ0) is 45.2. The van der Waals surface area contributed by atoms with Crippen LogP contribution in [0, 0.1) is 17.8 Å². The van der Waals surface area contributed by atoms with E-state index in [1.54, 1.807) is 80.8 Å². The number of hydrogen-bond donors (Lipinski definition) is 3. The minimum atomic E-state index is -2.16. The van der Waals surface area contributed by atoms with Crippen LogP contribution in [0.3, 0.4) is 0 Å². The van der Waals surface area contributed by atoms with Gasteiger partial charge in [0.05, 0.1) is 37.5 Å². The Morgan fingerprint density at radius 1 is 0.754 bits per heavy atom. The molecule has 7 atom stereocenters. The highest BCUT2D eigenvalue weighted by atomic mass is 16.6. The first kappa shape index (κ1) is 42.6. The van der Waals surface area contributed by atoms with E-state index in [0.717, 1.165) is 10.5 Å². The number of benzene rings is 6. The number of nitrogens with zero attached hydrogens (tertiary/aromatic N) is 2. The molecule has 6 aromatic rings. The minimum absolute atomic E-state index is 0.0378. The van der Waals surface area contributed by atoms with Crippen LogP contribution in [-0.2, 0) is 24.5 Å². The van der Waals surface area contributed by atoms with Crippen molar-refractivity contribution in [2.45, 2.75) is 42.6 Å². The first-order valence-electron chi connectivity index (χ1n) is 21.3. The molecule has 0 bridgehead atoms. The summed E-state index contributed by atoms with van der Waals surface area (Å²) in [4.78, 5) is 63.2. The van der Waals surface area contributed by atoms with Gasteiger partial charge in [0.1, 0.15) is 41.6 Å². The zero-order valence-electron chi connectivity index (χ0n) is 35.5. The number of morpholine rings is 1. The summed E-state index contributed by atoms with van der Waals surface area (Å²) in [6, 6.07) is 41.9. The Labute approximate surface area is 376 Å². The number of fused-ring (bicyclic) bond motifs is 3. The molecule has 3 aliphatic rings. The largest absolute Gasteiger partial charge is 0.497 e. The smallest absolute Gasteiger partial charge is 0.329 e. The van der Waals surface area contributed by atoms with Crippen molar-refractivity contribution in [2.24, 2.45) is 5.92 Å². The van der Waals surface area contributed by atoms with Crippen LogP contribution in [-0.4, -0.2) is 65.4 Å². The van der Waals surface area contributed by atoms with Gasteiger partial charge >= 0.3 is 18.0 Å². The van der Waals surface area contributed by atoms with Crippen molar-refractivity contribution in [2.75, 3.05) is 25.2 Å². The van der Waals surface area contributed by atoms with Gasteiger partial charge in [-0.15, -0.1) is 0 Å². The molecule has 0 aliphatic carbocycles. The first-order chi connectivity index (χ1) is 31.6. The van der Waals surface area contributed by atoms with Gasteiger partial charge in [0.2, 0.25) is 5.91 Å². The minimum Gasteiger partial charge on any atom is -0.497 e. The second kappa shape index (κ2) is 17.8. The zero-order valence-corrected chi connectivity index (χ0v) is 35.5. The monoisotopic (exact) mass is 867 g/mol. The van der Waals surface area contributed by atoms with Gasteiger partial charge in [0.15, 0.2) is 0 Å². The van der Waals surface area contributed by atoms with Crippen molar-refractivity contribution in [3.05, 3.63) is 197 Å². The third-order valence-corrected chi connectivity index (χ3v) is 12.5. The second-order valence-corrected chi connectivity index (χ2v) is 16.2. The highest BCUT2D eigenvalue weighted by molar-refractivity contribution is 6.24. The van der Waals surface area contributed by atoms with Crippen LogP contribution < -0.4 is 19.7 Å². The van der Waals surface area contributed by atoms with Crippen LogP contribution in [0.15, 0.2) is 158 Å². The molecule has 0 aromatic heterocycles. The first-order valence-corrected chi connectivity index (χ1v) is 21.3. The summed E-state index contributed by atoms with van der Waals surface area (Å²) in [5.41, 5.74) is 1.88. The topological polar surface area (TPSA) is 155 Å². The number of rotatable bonds is 10. The van der Waals surface area contributed by atoms with Gasteiger partial charge in [-0.05, 0) is 89.3 Å². The van der Waals surface area contributed by atoms with Crippen molar-refractivity contribution < 1.29 is 43.6 Å². The number of esters is 1. The molecule has 3 amide bonds. The number of imide groups is 1. The van der Waals surface area contributed by atoms with Crippen molar-refractivity contribution >= 4 is 29.6 Å². The number of aliphatic carboxylic acids is 1. The number of hydrogen-bond acceptors (Lipinski definition) is 9. The second-order valence-electron chi connectivity index (χ2n) is 16.2. The third kappa shape index (κ3) is 7.54. The van der Waals surface area contributed by atoms with Crippen LogP contribution >= 0.6 is 0 Å². The Kier molecular flexibility index (Phi) is 11.7. The lowest BCUT2D eigenvalue weighted by atomic mass is 9.65. The fraction of sp³-hybridized carbons (Fsp3) is 0.208. The molecular weight excluding hydrogens is 823 g/mol. The van der Waals surface area contributed by atoms with Gasteiger partial charge in [-0.2, -0.15) is 0 Å². The number of ether oxygens (including phenoxy) is 3. The maximum atomic E-state index is 16.2. The van der Waals surface area contributed by atoms with Crippen molar-refractivity contribution in [1.82, 2.24) is 10.2 Å². The van der Waals surface area contributed by atoms with Gasteiger partial charge in [-0.1, -0.05) is 115 Å². The van der Waals surface area contributed by atoms with Gasteiger partial charge < -0.3 is 29.7 Å². The summed E-state index contributed by atoms with van der Waals surface area (Å²) in [7, 11) is 1.57. The molecule has 3 N–H and O–H groups in total. The summed E-state index contributed by atoms with van der Waals surface area (Å²) in [6.45, 7) is 1.48. The number of carbonyl (C=O) groups is 4. The van der Waals surface area contributed by atoms with E-state index in [2.05, 4.69) is 17.2 Å². The van der Waals surface area contributed by atoms with Crippen LogP contribution in [0.4, 0.5) is 10.5 Å². The fourth-order valence-corrected chi connectivity index (χ4v) is 9.80. The van der Waals surface area contributed by atoms with Gasteiger partial charge in [0.25, 0.3) is 0 Å². The van der Waals surface area contributed by atoms with Gasteiger partial charge in [0, 0.05) is 11.1 Å². The summed E-state index contributed by atoms with van der Waals surface area (Å²) in [5.74, 6) is 2.45. The molecule has 65 heavy (non-hydrogen) atoms. The average molecular weight is 868 g/mol. The van der Waals surface area contributed by atoms with E-state index in [-0.39, 0.29) is 24.5 Å². The van der Waals surface area contributed by atoms with E-state index in [4.69, 9.17) is 14.2 Å². The molecule has 12 heteroatoms. The molecule has 3 aliphatic heterocycles. The summed E-state index contributed by atoms with van der Waals surface area (Å²) >= 11 is 0. The average Bonchev–Trinajstić information content (AvgIpc) is 3.80. The number of carbonyl (C=O) groups excluding carboxylic acids is 3. The predicted octanol–water partition coefficient (Wildman–Crippen LogP) is 7.69. The van der Waals surface area contributed by atoms with E-state index < -0.39 is 65.5 Å². The number of amides is 3. The molecular formula is C53H45N3O9. The number of anilines is 1. The Hall–Kier alpha value is -7.72. The number of carboxylic acids is 1. The van der Waals surface area contributed by atoms with Crippen LogP contribution in [0.1, 0.15) is 70.1 Å². The van der Waals surface area contributed by atoms with Crippen LogP contribution in [0.5, 0.6) is 11.5 Å². The standard InChI is InChI=1S/C53H45N3O9/c1-33(36-13-6-3-7-14-36)54-52(62)55-43-28-25-35(22-21-34-23-26-40(63-2)27-24-34)31-42(43)53(51(55)61)44(49(58)59)46-50(60)65-47(38-17-10-5-11-18-38)45(37-15-8-4-9-16-37)56(46)48(53)39-19-12-20-41(32-39)64-30-29-57/h3-20,23-28,31-33,44-48,57H,29-30H2,1-2H3,(H,54,62)(H,58,59)/t33?,44-,45-,46?,47+,48+,53?/m0/s1. The van der Waals surface area contributed by atoms with Crippen LogP contribution in [0.25, 0.3) is 0 Å². The van der Waals surface area contributed by atoms with E-state index in [9.17, 15) is 24.6 Å². The maximum Gasteiger partial charge on any atom is 0.329 e. The quantitative estimate of drug-likeness (QED) is 0.0923. The molecule has 3 heterocycles. The third-order valence-electron chi connectivity index (χ3n) is 12.5. The number of nitrogens with one attached hydrogen (secondary N) is 1. The van der Waals surface area contributed by atoms with E-state index >= 15 is 4.79 Å². The number of urea groups is 1. The molecule has 6 aromatic carbocycles. The summed E-state index contributed by atoms with van der Waals surface area (Å²) in [5, 5.41) is 24.4. The number of cyclic esters (lactones) is 1. The van der Waals surface area contributed by atoms with E-state index in [1.807, 2.05) is 95.9 Å². The number of methoxy groups -OCH3 is 1. The highest BCUT2D eigenvalue weighted by Gasteiger charge is 2.76. The van der Waals surface area contributed by atoms with Crippen molar-refractivity contribution in [1.29, 1.82) is 0 Å².